The van der Waals surface area contributed by atoms with E-state index < -0.39 is 0 Å². The third-order valence-corrected chi connectivity index (χ3v) is 0. The fraction of sp³-hybridized carbons (Fsp3) is 0. The van der Waals surface area contributed by atoms with Gasteiger partial charge < -0.3 is 0 Å². The normalized spacial score (nSPS) is 2.53. The summed E-state index contributed by atoms with van der Waals surface area (Å²) in [6.45, 7) is 0. The first-order valence-corrected chi connectivity index (χ1v) is 3.98. The number of hydrogen-bond acceptors (Lipinski definition) is 8. The van der Waals surface area contributed by atoms with Crippen molar-refractivity contribution in [1.82, 2.24) is 0 Å². The van der Waals surface area contributed by atoms with Crippen molar-refractivity contribution in [3.8, 4) is 0 Å². The van der Waals surface area contributed by atoms with Crippen LogP contribution in [0.2, 0.25) is 0 Å². The first kappa shape index (κ1) is 44.1. The predicted molar refractivity (Wildman–Crippen MR) is 9.13 cm³/mol. The van der Waals surface area contributed by atoms with E-state index in [-0.39, 0.29) is 6.15 Å². The molecule has 0 aromatic rings. The van der Waals surface area contributed by atoms with Gasteiger partial charge in [0, 0.05) is 0 Å². The van der Waals surface area contributed by atoms with Crippen molar-refractivity contribution in [2.24, 2.45) is 0 Å². The van der Waals surface area contributed by atoms with E-state index in [1.165, 1.54) is 0 Å². The Hall–Kier alpha value is 1.30. The molecule has 0 aliphatic heterocycles. The van der Waals surface area contributed by atoms with E-state index in [4.69, 9.17) is 32.6 Å². The Kier molecular flexibility index (Phi) is 1740. The van der Waals surface area contributed by atoms with Crippen LogP contribution < -0.4 is 0 Å². The van der Waals surface area contributed by atoms with Crippen LogP contribution in [0.15, 0.2) is 0 Å². The third-order valence-electron chi connectivity index (χ3n) is 0. The van der Waals surface area contributed by atoms with E-state index in [1.807, 2.05) is 95.7 Å². The molecule has 0 radical (unpaired) electrons. The summed E-state index contributed by atoms with van der Waals surface area (Å²) in [5.41, 5.74) is 0. The van der Waals surface area contributed by atoms with E-state index in [1.54, 1.807) is 0 Å². The molecule has 15 heavy (non-hydrogen) atoms. The summed E-state index contributed by atoms with van der Waals surface area (Å²) in [5.74, 6) is 0. The van der Waals surface area contributed by atoms with Crippen LogP contribution >= 0.6 is 0 Å². The standard InChI is InChI=1S/CO2.6Fe.6O/c2-1-3;;;;;;;;;;;;. The van der Waals surface area contributed by atoms with Gasteiger partial charge in [0.2, 0.25) is 0 Å². The summed E-state index contributed by atoms with van der Waals surface area (Å²) in [5, 5.41) is 0. The summed E-state index contributed by atoms with van der Waals surface area (Å²) in [4.78, 5) is 16.2. The van der Waals surface area contributed by atoms with E-state index in [9.17, 15) is 0 Å². The zero-order valence-electron chi connectivity index (χ0n) is 5.89. The van der Waals surface area contributed by atoms with Gasteiger partial charge in [-0.25, -0.2) is 0 Å². The molecule has 0 saturated carbocycles. The topological polar surface area (TPSA) is 137 Å². The van der Waals surface area contributed by atoms with Crippen molar-refractivity contribution in [3.05, 3.63) is 0 Å². The molecule has 0 fully saturated rings. The maximum absolute atomic E-state index is 8.12. The van der Waals surface area contributed by atoms with Gasteiger partial charge in [-0.2, -0.15) is 9.59 Å². The van der Waals surface area contributed by atoms with Gasteiger partial charge in [0.05, 0.1) is 0 Å². The molecular weight excluding hydrogens is 475 g/mol. The zero-order valence-corrected chi connectivity index (χ0v) is 12.5. The fourth-order valence-corrected chi connectivity index (χ4v) is 0. The molecule has 100 valence electrons. The second-order valence-electron chi connectivity index (χ2n) is 0.0833. The summed E-state index contributed by atoms with van der Waals surface area (Å²) >= 11 is 12.0. The summed E-state index contributed by atoms with van der Waals surface area (Å²) < 4.78 is 48.0. The second kappa shape index (κ2) is 593. The van der Waals surface area contributed by atoms with Crippen LogP contribution in [-0.2, 0) is 128 Å². The van der Waals surface area contributed by atoms with Crippen LogP contribution in [0.4, 0.5) is 0 Å². The molecule has 0 atom stereocenters. The van der Waals surface area contributed by atoms with Crippen molar-refractivity contribution in [2.45, 2.75) is 0 Å². The molecule has 0 rings (SSSR count). The minimum atomic E-state index is 0.250. The molecule has 0 aliphatic rings. The summed E-state index contributed by atoms with van der Waals surface area (Å²) in [7, 11) is 0. The molecule has 0 heterocycles. The monoisotopic (exact) mass is 476 g/mol. The molecule has 8 nitrogen and oxygen atoms in total. The first-order valence-electron chi connectivity index (χ1n) is 1.27. The van der Waals surface area contributed by atoms with E-state index >= 15 is 0 Å². The predicted octanol–water partition coefficient (Wildman–Crippen LogP) is -1.31. The molecule has 14 heteroatoms. The number of hydrogen-bond donors (Lipinski definition) is 0. The van der Waals surface area contributed by atoms with Gasteiger partial charge in [-0.15, -0.1) is 0 Å². The Morgan fingerprint density at radius 2 is 0.400 bits per heavy atom. The SMILES string of the molecule is O=C=O.[O]=[Fe].[O]=[Fe].[O]=[Fe].[O]=[Fe].[O]=[Fe].[O]=[Fe]. The number of rotatable bonds is 0. The van der Waals surface area contributed by atoms with Crippen LogP contribution in [-0.4, -0.2) is 6.15 Å². The van der Waals surface area contributed by atoms with Gasteiger partial charge in [-0.1, -0.05) is 0 Å². The van der Waals surface area contributed by atoms with Crippen molar-refractivity contribution in [3.63, 3.8) is 0 Å². The summed E-state index contributed by atoms with van der Waals surface area (Å²) in [6.07, 6.45) is 0.250. The van der Waals surface area contributed by atoms with Crippen LogP contribution in [0.25, 0.3) is 0 Å². The van der Waals surface area contributed by atoms with Gasteiger partial charge in [0.15, 0.2) is 0 Å². The molecule has 0 aromatic carbocycles. The van der Waals surface area contributed by atoms with E-state index in [2.05, 4.69) is 0 Å². The Morgan fingerprint density at radius 3 is 0.400 bits per heavy atom. The third kappa shape index (κ3) is 1610. The molecule has 0 unspecified atom stereocenters. The van der Waals surface area contributed by atoms with Gasteiger partial charge in [0.1, 0.15) is 0 Å². The van der Waals surface area contributed by atoms with Crippen LogP contribution in [0.5, 0.6) is 0 Å². The summed E-state index contributed by atoms with van der Waals surface area (Å²) in [6, 6.07) is 0. The fourth-order valence-electron chi connectivity index (χ4n) is 0. The Morgan fingerprint density at radius 1 is 0.400 bits per heavy atom. The Bertz CT molecular complexity index is 79.6. The van der Waals surface area contributed by atoms with Gasteiger partial charge in [-0.05, 0) is 0 Å². The van der Waals surface area contributed by atoms with Crippen molar-refractivity contribution >= 4 is 6.15 Å². The van der Waals surface area contributed by atoms with Gasteiger partial charge >= 0.3 is 125 Å². The van der Waals surface area contributed by atoms with Crippen molar-refractivity contribution in [2.75, 3.05) is 0 Å². The van der Waals surface area contributed by atoms with E-state index in [0.29, 0.717) is 0 Å². The first-order chi connectivity index (χ1) is 7.41. The molecule has 0 saturated heterocycles. The quantitative estimate of drug-likeness (QED) is 0.394. The minimum absolute atomic E-state index is 0.250. The molecule has 0 bridgehead atoms. The van der Waals surface area contributed by atoms with Crippen molar-refractivity contribution < 1.29 is 128 Å². The molecule has 0 N–H and O–H groups in total. The zero-order chi connectivity index (χ0) is 14.7. The number of carbonyl (C=O) groups excluding carboxylic acids is 2. The maximum atomic E-state index is 8.12. The van der Waals surface area contributed by atoms with Crippen LogP contribution in [0.3, 0.4) is 0 Å². The molecule has 0 aliphatic carbocycles. The molecule has 0 aromatic heterocycles. The van der Waals surface area contributed by atoms with Gasteiger partial charge in [0.25, 0.3) is 0 Å². The average molecular weight is 475 g/mol. The Balaban J connectivity index is -0.0000000101. The van der Waals surface area contributed by atoms with Crippen molar-refractivity contribution in [1.29, 1.82) is 0 Å². The second-order valence-corrected chi connectivity index (χ2v) is 0.0833. The van der Waals surface area contributed by atoms with Gasteiger partial charge in [-0.3, -0.25) is 0 Å². The average Bonchev–Trinajstić information content (AvgIpc) is 2.44. The molecule has 0 spiro atoms. The van der Waals surface area contributed by atoms with Crippen LogP contribution in [0, 0.1) is 0 Å². The molecule has 0 amide bonds. The van der Waals surface area contributed by atoms with Crippen LogP contribution in [0.1, 0.15) is 0 Å². The van der Waals surface area contributed by atoms with E-state index in [0.717, 1.165) is 0 Å². The Labute approximate surface area is 133 Å². The molecular formula is CFe6O8.